The van der Waals surface area contributed by atoms with Crippen LogP contribution in [0, 0.1) is 0 Å². The zero-order chi connectivity index (χ0) is 15.4. The molecule has 3 rings (SSSR count). The molecule has 0 saturated carbocycles. The van der Waals surface area contributed by atoms with Gasteiger partial charge in [0.2, 0.25) is 5.91 Å². The van der Waals surface area contributed by atoms with E-state index in [0.29, 0.717) is 19.8 Å². The summed E-state index contributed by atoms with van der Waals surface area (Å²) in [7, 11) is 0. The van der Waals surface area contributed by atoms with E-state index >= 15 is 0 Å². The maximum atomic E-state index is 12.2. The molecule has 1 amide bonds. The Kier molecular flexibility index (Phi) is 4.83. The van der Waals surface area contributed by atoms with E-state index < -0.39 is 0 Å². The molecular weight excluding hydrogens is 280 g/mol. The third-order valence-electron chi connectivity index (χ3n) is 4.26. The molecule has 120 valence electrons. The average Bonchev–Trinajstić information content (AvgIpc) is 2.55. The van der Waals surface area contributed by atoms with Gasteiger partial charge in [-0.05, 0) is 50.6 Å². The van der Waals surface area contributed by atoms with Gasteiger partial charge in [0.15, 0.2) is 11.5 Å². The van der Waals surface area contributed by atoms with E-state index in [1.807, 2.05) is 25.1 Å². The van der Waals surface area contributed by atoms with E-state index in [1.54, 1.807) is 0 Å². The van der Waals surface area contributed by atoms with Crippen molar-refractivity contribution in [2.75, 3.05) is 32.8 Å². The molecule has 0 unspecified atom stereocenters. The van der Waals surface area contributed by atoms with Crippen LogP contribution in [-0.4, -0.2) is 43.7 Å². The van der Waals surface area contributed by atoms with E-state index in [4.69, 9.17) is 9.47 Å². The summed E-state index contributed by atoms with van der Waals surface area (Å²) >= 11 is 0. The van der Waals surface area contributed by atoms with Crippen LogP contribution in [0.2, 0.25) is 0 Å². The Morgan fingerprint density at radius 2 is 1.91 bits per heavy atom. The molecule has 1 atom stereocenters. The standard InChI is InChI=1S/C17H24N2O3/c1-13(18-17(20)12-19-7-3-2-4-8-19)14-5-6-15-16(11-14)22-10-9-21-15/h5-6,11,13H,2-4,7-10,12H2,1H3,(H,18,20)/t13-/m1/s1. The van der Waals surface area contributed by atoms with Crippen molar-refractivity contribution < 1.29 is 14.3 Å². The predicted octanol–water partition coefficient (Wildman–Crippen LogP) is 2.12. The van der Waals surface area contributed by atoms with E-state index in [1.165, 1.54) is 19.3 Å². The molecule has 2 aliphatic heterocycles. The maximum Gasteiger partial charge on any atom is 0.234 e. The van der Waals surface area contributed by atoms with Gasteiger partial charge in [0, 0.05) is 0 Å². The van der Waals surface area contributed by atoms with E-state index in [2.05, 4.69) is 10.2 Å². The summed E-state index contributed by atoms with van der Waals surface area (Å²) < 4.78 is 11.1. The quantitative estimate of drug-likeness (QED) is 0.926. The van der Waals surface area contributed by atoms with Gasteiger partial charge in [0.1, 0.15) is 13.2 Å². The average molecular weight is 304 g/mol. The lowest BCUT2D eigenvalue weighted by Gasteiger charge is -2.26. The SMILES string of the molecule is C[C@@H](NC(=O)CN1CCCCC1)c1ccc2c(c1)OCCO2. The number of carbonyl (C=O) groups is 1. The van der Waals surface area contributed by atoms with Crippen molar-refractivity contribution in [2.45, 2.75) is 32.2 Å². The van der Waals surface area contributed by atoms with Gasteiger partial charge < -0.3 is 14.8 Å². The number of benzene rings is 1. The summed E-state index contributed by atoms with van der Waals surface area (Å²) in [5.41, 5.74) is 1.04. The number of hydrogen-bond donors (Lipinski definition) is 1. The molecule has 2 aliphatic rings. The van der Waals surface area contributed by atoms with Crippen LogP contribution in [0.15, 0.2) is 18.2 Å². The van der Waals surface area contributed by atoms with E-state index in [0.717, 1.165) is 30.2 Å². The number of likely N-dealkylation sites (tertiary alicyclic amines) is 1. The Morgan fingerprint density at radius 1 is 1.18 bits per heavy atom. The van der Waals surface area contributed by atoms with Crippen molar-refractivity contribution in [3.8, 4) is 11.5 Å². The van der Waals surface area contributed by atoms with Crippen LogP contribution in [0.1, 0.15) is 37.8 Å². The summed E-state index contributed by atoms with van der Waals surface area (Å²) in [6, 6.07) is 5.82. The zero-order valence-electron chi connectivity index (χ0n) is 13.1. The van der Waals surface area contributed by atoms with E-state index in [-0.39, 0.29) is 11.9 Å². The molecule has 0 aromatic heterocycles. The second-order valence-corrected chi connectivity index (χ2v) is 6.03. The second kappa shape index (κ2) is 7.01. The molecule has 1 aromatic rings. The molecule has 1 saturated heterocycles. The molecule has 22 heavy (non-hydrogen) atoms. The minimum Gasteiger partial charge on any atom is -0.486 e. The molecule has 5 heteroatoms. The van der Waals surface area contributed by atoms with Crippen LogP contribution < -0.4 is 14.8 Å². The lowest BCUT2D eigenvalue weighted by Crippen LogP contribution is -2.40. The number of carbonyl (C=O) groups excluding carboxylic acids is 1. The fraction of sp³-hybridized carbons (Fsp3) is 0.588. The van der Waals surface area contributed by atoms with Gasteiger partial charge >= 0.3 is 0 Å². The first-order valence-corrected chi connectivity index (χ1v) is 8.13. The highest BCUT2D eigenvalue weighted by Gasteiger charge is 2.18. The van der Waals surface area contributed by atoms with Gasteiger partial charge in [-0.3, -0.25) is 9.69 Å². The summed E-state index contributed by atoms with van der Waals surface area (Å²) in [5, 5.41) is 3.07. The number of nitrogens with zero attached hydrogens (tertiary/aromatic N) is 1. The normalized spacial score (nSPS) is 19.5. The molecule has 2 heterocycles. The Morgan fingerprint density at radius 3 is 2.68 bits per heavy atom. The first-order valence-electron chi connectivity index (χ1n) is 8.13. The lowest BCUT2D eigenvalue weighted by atomic mass is 10.1. The van der Waals surface area contributed by atoms with Gasteiger partial charge in [-0.15, -0.1) is 0 Å². The molecule has 1 aromatic carbocycles. The van der Waals surface area contributed by atoms with Gasteiger partial charge in [-0.1, -0.05) is 12.5 Å². The van der Waals surface area contributed by atoms with E-state index in [9.17, 15) is 4.79 Å². The number of fused-ring (bicyclic) bond motifs is 1. The fourth-order valence-corrected chi connectivity index (χ4v) is 3.02. The molecular formula is C17H24N2O3. The van der Waals surface area contributed by atoms with Crippen LogP contribution in [0.3, 0.4) is 0 Å². The van der Waals surface area contributed by atoms with Gasteiger partial charge in [0.25, 0.3) is 0 Å². The smallest absolute Gasteiger partial charge is 0.234 e. The number of piperidine rings is 1. The van der Waals surface area contributed by atoms with Gasteiger partial charge in [-0.25, -0.2) is 0 Å². The fourth-order valence-electron chi connectivity index (χ4n) is 3.02. The molecule has 1 N–H and O–H groups in total. The van der Waals surface area contributed by atoms with Crippen molar-refractivity contribution in [1.82, 2.24) is 10.2 Å². The molecule has 0 aliphatic carbocycles. The Hall–Kier alpha value is -1.75. The Bertz CT molecular complexity index is 527. The van der Waals surface area contributed by atoms with Crippen molar-refractivity contribution in [2.24, 2.45) is 0 Å². The molecule has 5 nitrogen and oxygen atoms in total. The molecule has 1 fully saturated rings. The summed E-state index contributed by atoms with van der Waals surface area (Å²) in [6.07, 6.45) is 3.68. The summed E-state index contributed by atoms with van der Waals surface area (Å²) in [4.78, 5) is 14.4. The Balaban J connectivity index is 1.56. The number of hydrogen-bond acceptors (Lipinski definition) is 4. The van der Waals surface area contributed by atoms with Crippen LogP contribution in [0.5, 0.6) is 11.5 Å². The maximum absolute atomic E-state index is 12.2. The number of ether oxygens (including phenoxy) is 2. The Labute approximate surface area is 131 Å². The first kappa shape index (κ1) is 15.2. The monoisotopic (exact) mass is 304 g/mol. The largest absolute Gasteiger partial charge is 0.486 e. The van der Waals surface area contributed by atoms with Crippen molar-refractivity contribution >= 4 is 5.91 Å². The molecule has 0 bridgehead atoms. The van der Waals surface area contributed by atoms with Crippen LogP contribution >= 0.6 is 0 Å². The minimum absolute atomic E-state index is 0.0342. The molecule has 0 radical (unpaired) electrons. The lowest BCUT2D eigenvalue weighted by molar-refractivity contribution is -0.123. The summed E-state index contributed by atoms with van der Waals surface area (Å²) in [6.45, 7) is 5.73. The van der Waals surface area contributed by atoms with Gasteiger partial charge in [-0.2, -0.15) is 0 Å². The van der Waals surface area contributed by atoms with Crippen molar-refractivity contribution in [1.29, 1.82) is 0 Å². The van der Waals surface area contributed by atoms with Crippen molar-refractivity contribution in [3.63, 3.8) is 0 Å². The van der Waals surface area contributed by atoms with Crippen molar-refractivity contribution in [3.05, 3.63) is 23.8 Å². The molecule has 0 spiro atoms. The zero-order valence-corrected chi connectivity index (χ0v) is 13.1. The highest BCUT2D eigenvalue weighted by molar-refractivity contribution is 5.78. The highest BCUT2D eigenvalue weighted by Crippen LogP contribution is 2.32. The second-order valence-electron chi connectivity index (χ2n) is 6.03. The topological polar surface area (TPSA) is 50.8 Å². The van der Waals surface area contributed by atoms with Crippen LogP contribution in [0.25, 0.3) is 0 Å². The van der Waals surface area contributed by atoms with Crippen LogP contribution in [0.4, 0.5) is 0 Å². The van der Waals surface area contributed by atoms with Crippen LogP contribution in [-0.2, 0) is 4.79 Å². The number of nitrogens with one attached hydrogen (secondary N) is 1. The number of amides is 1. The van der Waals surface area contributed by atoms with Gasteiger partial charge in [0.05, 0.1) is 12.6 Å². The summed E-state index contributed by atoms with van der Waals surface area (Å²) in [5.74, 6) is 1.63. The highest BCUT2D eigenvalue weighted by atomic mass is 16.6. The predicted molar refractivity (Wildman–Crippen MR) is 84.3 cm³/mol. The first-order chi connectivity index (χ1) is 10.7. The third kappa shape index (κ3) is 3.71. The number of rotatable bonds is 4. The third-order valence-corrected chi connectivity index (χ3v) is 4.26. The minimum atomic E-state index is -0.0342.